The van der Waals surface area contributed by atoms with Gasteiger partial charge in [-0.2, -0.15) is 0 Å². The second-order valence-corrected chi connectivity index (χ2v) is 2.54. The molecular formula is C6H13NO6. The first-order chi connectivity index (χ1) is 6.45. The summed E-state index contributed by atoms with van der Waals surface area (Å²) in [5.74, 6) is -1.22. The summed E-state index contributed by atoms with van der Waals surface area (Å²) in [5.41, 5.74) is 1.30. The fraction of sp³-hybridized carbons (Fsp3) is 0.833. The number of aliphatic hydroxyl groups is 5. The SMILES string of the molecule is [2H]NC(=O)[C@@H](O)[C@H](O)[C@H](O)[C@@H](O)CO. The third kappa shape index (κ3) is 3.25. The number of hydrogen-bond donors (Lipinski definition) is 6. The van der Waals surface area contributed by atoms with Crippen molar-refractivity contribution >= 4 is 5.91 Å². The number of amides is 1. The Kier molecular flexibility index (Phi) is 4.06. The fourth-order valence-electron chi connectivity index (χ4n) is 0.677. The number of aliphatic hydroxyl groups excluding tert-OH is 5. The molecule has 0 saturated heterocycles. The molecule has 0 fully saturated rings. The van der Waals surface area contributed by atoms with E-state index in [1.165, 1.54) is 5.73 Å². The van der Waals surface area contributed by atoms with Gasteiger partial charge in [-0.1, -0.05) is 0 Å². The Hall–Kier alpha value is -0.730. The van der Waals surface area contributed by atoms with Crippen LogP contribution < -0.4 is 5.73 Å². The molecule has 0 heterocycles. The van der Waals surface area contributed by atoms with E-state index in [1.54, 1.807) is 0 Å². The first-order valence-corrected chi connectivity index (χ1v) is 3.50. The van der Waals surface area contributed by atoms with Gasteiger partial charge in [-0.05, 0) is 0 Å². The van der Waals surface area contributed by atoms with E-state index in [0.29, 0.717) is 0 Å². The number of rotatable bonds is 5. The largest absolute Gasteiger partial charge is 0.394 e. The van der Waals surface area contributed by atoms with Crippen LogP contribution in [0.1, 0.15) is 0 Å². The number of primary amides is 1. The second-order valence-electron chi connectivity index (χ2n) is 2.54. The molecule has 7 heteroatoms. The number of carbonyl (C=O) groups excluding carboxylic acids is 1. The van der Waals surface area contributed by atoms with Gasteiger partial charge in [0.05, 0.1) is 6.61 Å². The first-order valence-electron chi connectivity index (χ1n) is 4.00. The normalized spacial score (nSPS) is 21.2. The number of carbonyl (C=O) groups is 1. The maximum absolute atomic E-state index is 10.6. The highest BCUT2D eigenvalue weighted by molar-refractivity contribution is 5.79. The van der Waals surface area contributed by atoms with Crippen molar-refractivity contribution in [3.05, 3.63) is 0 Å². The molecule has 0 aliphatic rings. The average molecular weight is 196 g/mol. The van der Waals surface area contributed by atoms with Crippen molar-refractivity contribution in [1.82, 2.24) is 0 Å². The minimum Gasteiger partial charge on any atom is -0.394 e. The molecule has 13 heavy (non-hydrogen) atoms. The van der Waals surface area contributed by atoms with Crippen LogP contribution in [-0.2, 0) is 4.79 Å². The molecule has 0 rings (SSSR count). The van der Waals surface area contributed by atoms with E-state index in [2.05, 4.69) is 0 Å². The smallest absolute Gasteiger partial charge is 0.249 e. The van der Waals surface area contributed by atoms with Gasteiger partial charge in [-0.3, -0.25) is 4.79 Å². The second kappa shape index (κ2) is 5.10. The van der Waals surface area contributed by atoms with Crippen molar-refractivity contribution in [1.29, 1.82) is 0 Å². The highest BCUT2D eigenvalue weighted by atomic mass is 16.4. The molecule has 0 bridgehead atoms. The van der Waals surface area contributed by atoms with Crippen LogP contribution in [0.4, 0.5) is 0 Å². The summed E-state index contributed by atoms with van der Waals surface area (Å²) < 4.78 is 6.36. The van der Waals surface area contributed by atoms with Crippen LogP contribution in [-0.4, -0.2) is 62.5 Å². The van der Waals surface area contributed by atoms with Crippen molar-refractivity contribution in [2.45, 2.75) is 24.4 Å². The fourth-order valence-corrected chi connectivity index (χ4v) is 0.677. The van der Waals surface area contributed by atoms with Crippen LogP contribution in [0.25, 0.3) is 0 Å². The standard InChI is InChI=1S/C6H13NO6/c7-6(13)5(12)4(11)3(10)2(9)1-8/h2-5,8-12H,1H2,(H2,7,13)/t2-,3+,4+,5-/m0/s1/i/hD. The minimum atomic E-state index is -2.04. The Balaban J connectivity index is 4.30. The molecule has 0 spiro atoms. The third-order valence-electron chi connectivity index (χ3n) is 1.52. The molecule has 0 saturated carbocycles. The van der Waals surface area contributed by atoms with Crippen LogP contribution in [0.2, 0.25) is 1.41 Å². The molecule has 0 aliphatic carbocycles. The van der Waals surface area contributed by atoms with Crippen LogP contribution in [0.15, 0.2) is 0 Å². The van der Waals surface area contributed by atoms with Gasteiger partial charge >= 0.3 is 0 Å². The van der Waals surface area contributed by atoms with Crippen molar-refractivity contribution < 1.29 is 31.7 Å². The zero-order valence-electron chi connectivity index (χ0n) is 7.66. The van der Waals surface area contributed by atoms with Gasteiger partial charge in [-0.25, -0.2) is 0 Å². The summed E-state index contributed by atoms with van der Waals surface area (Å²) in [7, 11) is 0. The van der Waals surface area contributed by atoms with Crippen LogP contribution in [0, 0.1) is 0 Å². The van der Waals surface area contributed by atoms with E-state index in [9.17, 15) is 4.79 Å². The maximum atomic E-state index is 10.6. The third-order valence-corrected chi connectivity index (χ3v) is 1.52. The van der Waals surface area contributed by atoms with Gasteiger partial charge < -0.3 is 31.3 Å². The van der Waals surface area contributed by atoms with Crippen molar-refractivity contribution in [3.8, 4) is 0 Å². The van der Waals surface area contributed by atoms with E-state index in [1.807, 2.05) is 0 Å². The van der Waals surface area contributed by atoms with Crippen molar-refractivity contribution in [2.24, 2.45) is 5.73 Å². The van der Waals surface area contributed by atoms with E-state index in [0.717, 1.165) is 0 Å². The molecule has 0 aliphatic heterocycles. The van der Waals surface area contributed by atoms with E-state index < -0.39 is 36.9 Å². The number of hydrogen-bond acceptors (Lipinski definition) is 6. The lowest BCUT2D eigenvalue weighted by Crippen LogP contribution is -2.50. The van der Waals surface area contributed by atoms with Gasteiger partial charge in [0.2, 0.25) is 5.91 Å². The zero-order valence-corrected chi connectivity index (χ0v) is 6.66. The first kappa shape index (κ1) is 10.4. The lowest BCUT2D eigenvalue weighted by Gasteiger charge is -2.23. The Morgan fingerprint density at radius 2 is 1.85 bits per heavy atom. The molecule has 78 valence electrons. The summed E-state index contributed by atoms with van der Waals surface area (Å²) in [5, 5.41) is 44.3. The van der Waals surface area contributed by atoms with Crippen LogP contribution >= 0.6 is 0 Å². The van der Waals surface area contributed by atoms with Gasteiger partial charge in [0.1, 0.15) is 18.3 Å². The van der Waals surface area contributed by atoms with Crippen LogP contribution in [0.5, 0.6) is 0 Å². The molecule has 0 unspecified atom stereocenters. The predicted molar refractivity (Wildman–Crippen MR) is 40.3 cm³/mol. The molecule has 0 radical (unpaired) electrons. The van der Waals surface area contributed by atoms with Crippen molar-refractivity contribution in [2.75, 3.05) is 6.61 Å². The Morgan fingerprint density at radius 3 is 2.23 bits per heavy atom. The summed E-state index contributed by atoms with van der Waals surface area (Å²) in [4.78, 5) is 10.6. The molecule has 7 N–H and O–H groups in total. The average Bonchev–Trinajstić information content (AvgIpc) is 2.23. The summed E-state index contributed by atoms with van der Waals surface area (Å²) in [6, 6.07) is 0. The molecular weight excluding hydrogens is 182 g/mol. The van der Waals surface area contributed by atoms with Crippen LogP contribution in [0.3, 0.4) is 0 Å². The highest BCUT2D eigenvalue weighted by Gasteiger charge is 2.32. The minimum absolute atomic E-state index is 0.826. The van der Waals surface area contributed by atoms with Gasteiger partial charge in [0.25, 0.3) is 0 Å². The zero-order chi connectivity index (χ0) is 11.3. The van der Waals surface area contributed by atoms with Gasteiger partial charge in [0, 0.05) is 0 Å². The van der Waals surface area contributed by atoms with E-state index in [4.69, 9.17) is 26.9 Å². The van der Waals surface area contributed by atoms with Crippen molar-refractivity contribution in [3.63, 3.8) is 0 Å². The molecule has 7 nitrogen and oxygen atoms in total. The Morgan fingerprint density at radius 1 is 1.31 bits per heavy atom. The highest BCUT2D eigenvalue weighted by Crippen LogP contribution is 2.04. The lowest BCUT2D eigenvalue weighted by molar-refractivity contribution is -0.146. The molecule has 0 aromatic rings. The van der Waals surface area contributed by atoms with E-state index in [-0.39, 0.29) is 0 Å². The maximum Gasteiger partial charge on any atom is 0.249 e. The molecule has 0 aromatic heterocycles. The monoisotopic (exact) mass is 196 g/mol. The molecule has 4 atom stereocenters. The number of nitrogens with two attached hydrogens (primary N) is 1. The van der Waals surface area contributed by atoms with Gasteiger partial charge in [-0.15, -0.1) is 0 Å². The molecule has 1 amide bonds. The Labute approximate surface area is 75.5 Å². The quantitative estimate of drug-likeness (QED) is 0.264. The Bertz CT molecular complexity index is 191. The lowest BCUT2D eigenvalue weighted by atomic mass is 10.0. The van der Waals surface area contributed by atoms with Gasteiger partial charge in [0.15, 0.2) is 7.52 Å². The summed E-state index contributed by atoms with van der Waals surface area (Å²) >= 11 is 0. The summed E-state index contributed by atoms with van der Waals surface area (Å²) in [6.07, 6.45) is -7.54. The predicted octanol–water partition coefficient (Wildman–Crippen LogP) is -4.09. The van der Waals surface area contributed by atoms with E-state index >= 15 is 0 Å². The summed E-state index contributed by atoms with van der Waals surface area (Å²) in [6.45, 7) is -0.826. The topological polar surface area (TPSA) is 144 Å². The molecule has 0 aromatic carbocycles.